The second-order valence-corrected chi connectivity index (χ2v) is 8.35. The number of hydrogen-bond donors (Lipinski definition) is 2. The maximum Gasteiger partial charge on any atom is 0.242 e. The third-order valence-corrected chi connectivity index (χ3v) is 5.76. The molecule has 0 aliphatic carbocycles. The van der Waals surface area contributed by atoms with Gasteiger partial charge < -0.3 is 10.6 Å². The fourth-order valence-corrected chi connectivity index (χ4v) is 3.31. The highest BCUT2D eigenvalue weighted by Gasteiger charge is 2.16. The molecule has 2 N–H and O–H groups in total. The summed E-state index contributed by atoms with van der Waals surface area (Å²) in [5.41, 5.74) is 3.38. The Bertz CT molecular complexity index is 859. The molecular weight excluding hydrogens is 348 g/mol. The first-order valence-electron chi connectivity index (χ1n) is 8.34. The van der Waals surface area contributed by atoms with Crippen molar-refractivity contribution in [2.75, 3.05) is 21.1 Å². The fraction of sp³-hybridized carbons (Fsp3) is 0.316. The topological polar surface area (TPSA) is 73.8 Å². The highest BCUT2D eigenvalue weighted by Crippen LogP contribution is 2.13. The number of nitrogens with zero attached hydrogens (tertiary/aromatic N) is 2. The SMILES string of the molecule is CN=C(NCc1ccc(S(=O)(=O)N(C)C)cc1)NCc1cccc(C)c1. The third kappa shape index (κ3) is 5.31. The molecule has 0 aromatic heterocycles. The Morgan fingerprint density at radius 2 is 1.62 bits per heavy atom. The van der Waals surface area contributed by atoms with Crippen LogP contribution >= 0.6 is 0 Å². The van der Waals surface area contributed by atoms with Crippen LogP contribution in [-0.4, -0.2) is 39.8 Å². The number of sulfonamides is 1. The van der Waals surface area contributed by atoms with Gasteiger partial charge in [-0.25, -0.2) is 12.7 Å². The van der Waals surface area contributed by atoms with E-state index >= 15 is 0 Å². The van der Waals surface area contributed by atoms with E-state index in [2.05, 4.69) is 40.7 Å². The molecule has 0 saturated carbocycles. The number of hydrogen-bond acceptors (Lipinski definition) is 3. The van der Waals surface area contributed by atoms with Gasteiger partial charge in [0.1, 0.15) is 0 Å². The van der Waals surface area contributed by atoms with E-state index in [1.807, 2.05) is 6.07 Å². The summed E-state index contributed by atoms with van der Waals surface area (Å²) in [6, 6.07) is 15.1. The van der Waals surface area contributed by atoms with Gasteiger partial charge in [0.25, 0.3) is 0 Å². The van der Waals surface area contributed by atoms with E-state index in [9.17, 15) is 8.42 Å². The summed E-state index contributed by atoms with van der Waals surface area (Å²) in [5.74, 6) is 0.691. The minimum Gasteiger partial charge on any atom is -0.352 e. The Labute approximate surface area is 156 Å². The summed E-state index contributed by atoms with van der Waals surface area (Å²) in [6.45, 7) is 3.30. The number of nitrogens with one attached hydrogen (secondary N) is 2. The number of aryl methyl sites for hydroxylation is 1. The average molecular weight is 375 g/mol. The minimum atomic E-state index is -3.40. The zero-order valence-corrected chi connectivity index (χ0v) is 16.5. The third-order valence-electron chi connectivity index (χ3n) is 3.93. The highest BCUT2D eigenvalue weighted by molar-refractivity contribution is 7.89. The standard InChI is InChI=1S/C19H26N4O2S/c1-15-6-5-7-17(12-15)14-22-19(20-2)21-13-16-8-10-18(11-9-16)26(24,25)23(3)4/h5-12H,13-14H2,1-4H3,(H2,20,21,22). The maximum atomic E-state index is 12.1. The predicted molar refractivity (Wildman–Crippen MR) is 106 cm³/mol. The minimum absolute atomic E-state index is 0.285. The van der Waals surface area contributed by atoms with E-state index in [0.29, 0.717) is 19.0 Å². The van der Waals surface area contributed by atoms with Gasteiger partial charge in [-0.1, -0.05) is 42.0 Å². The van der Waals surface area contributed by atoms with E-state index in [-0.39, 0.29) is 4.90 Å². The van der Waals surface area contributed by atoms with Crippen LogP contribution < -0.4 is 10.6 Å². The average Bonchev–Trinajstić information content (AvgIpc) is 2.62. The lowest BCUT2D eigenvalue weighted by Gasteiger charge is -2.14. The lowest BCUT2D eigenvalue weighted by molar-refractivity contribution is 0.520. The van der Waals surface area contributed by atoms with E-state index in [1.54, 1.807) is 31.3 Å². The van der Waals surface area contributed by atoms with Gasteiger partial charge in [-0.15, -0.1) is 0 Å². The Balaban J connectivity index is 1.92. The first-order valence-corrected chi connectivity index (χ1v) is 9.78. The van der Waals surface area contributed by atoms with Crippen molar-refractivity contribution in [1.82, 2.24) is 14.9 Å². The van der Waals surface area contributed by atoms with Gasteiger partial charge in [0.05, 0.1) is 4.90 Å². The Morgan fingerprint density at radius 1 is 1.00 bits per heavy atom. The van der Waals surface area contributed by atoms with Crippen LogP contribution in [0.2, 0.25) is 0 Å². The smallest absolute Gasteiger partial charge is 0.242 e. The van der Waals surface area contributed by atoms with Gasteiger partial charge in [0.2, 0.25) is 10.0 Å². The summed E-state index contributed by atoms with van der Waals surface area (Å²) in [4.78, 5) is 4.50. The van der Waals surface area contributed by atoms with Crippen LogP contribution in [0, 0.1) is 6.92 Å². The van der Waals surface area contributed by atoms with E-state index in [0.717, 1.165) is 5.56 Å². The van der Waals surface area contributed by atoms with Gasteiger partial charge >= 0.3 is 0 Å². The molecule has 0 fully saturated rings. The number of guanidine groups is 1. The van der Waals surface area contributed by atoms with Crippen molar-refractivity contribution in [1.29, 1.82) is 0 Å². The molecule has 0 aliphatic rings. The molecule has 0 spiro atoms. The Kier molecular flexibility index (Phi) is 6.76. The molecule has 0 atom stereocenters. The molecule has 2 aromatic carbocycles. The van der Waals surface area contributed by atoms with Crippen molar-refractivity contribution in [2.24, 2.45) is 4.99 Å². The second kappa shape index (κ2) is 8.82. The predicted octanol–water partition coefficient (Wildman–Crippen LogP) is 2.11. The second-order valence-electron chi connectivity index (χ2n) is 6.20. The molecule has 7 heteroatoms. The molecular formula is C19H26N4O2S. The molecule has 0 amide bonds. The summed E-state index contributed by atoms with van der Waals surface area (Å²) >= 11 is 0. The van der Waals surface area contributed by atoms with Crippen molar-refractivity contribution in [3.63, 3.8) is 0 Å². The number of aliphatic imine (C=N–C) groups is 1. The first-order chi connectivity index (χ1) is 12.3. The first kappa shape index (κ1) is 19.9. The van der Waals surface area contributed by atoms with Gasteiger partial charge in [0.15, 0.2) is 5.96 Å². The lowest BCUT2D eigenvalue weighted by atomic mass is 10.1. The lowest BCUT2D eigenvalue weighted by Crippen LogP contribution is -2.36. The van der Waals surface area contributed by atoms with Crippen LogP contribution in [0.3, 0.4) is 0 Å². The van der Waals surface area contributed by atoms with Gasteiger partial charge in [-0.3, -0.25) is 4.99 Å². The molecule has 2 rings (SSSR count). The zero-order chi connectivity index (χ0) is 19.2. The molecule has 0 heterocycles. The van der Waals surface area contributed by atoms with Crippen LogP contribution in [0.15, 0.2) is 58.4 Å². The quantitative estimate of drug-likeness (QED) is 0.600. The summed E-state index contributed by atoms with van der Waals surface area (Å²) in [6.07, 6.45) is 0. The van der Waals surface area contributed by atoms with Crippen LogP contribution in [0.1, 0.15) is 16.7 Å². The van der Waals surface area contributed by atoms with Crippen LogP contribution in [0.25, 0.3) is 0 Å². The largest absolute Gasteiger partial charge is 0.352 e. The normalized spacial score (nSPS) is 12.3. The molecule has 6 nitrogen and oxygen atoms in total. The molecule has 140 valence electrons. The van der Waals surface area contributed by atoms with Crippen molar-refractivity contribution >= 4 is 16.0 Å². The van der Waals surface area contributed by atoms with Crippen LogP contribution in [-0.2, 0) is 23.1 Å². The fourth-order valence-electron chi connectivity index (χ4n) is 2.40. The molecule has 0 bridgehead atoms. The number of benzene rings is 2. The molecule has 26 heavy (non-hydrogen) atoms. The molecule has 0 unspecified atom stereocenters. The summed E-state index contributed by atoms with van der Waals surface area (Å²) < 4.78 is 25.4. The van der Waals surface area contributed by atoms with E-state index in [4.69, 9.17) is 0 Å². The van der Waals surface area contributed by atoms with E-state index in [1.165, 1.54) is 29.5 Å². The van der Waals surface area contributed by atoms with Crippen molar-refractivity contribution in [2.45, 2.75) is 24.9 Å². The van der Waals surface area contributed by atoms with Crippen molar-refractivity contribution < 1.29 is 8.42 Å². The van der Waals surface area contributed by atoms with Crippen molar-refractivity contribution in [3.8, 4) is 0 Å². The summed E-state index contributed by atoms with van der Waals surface area (Å²) in [7, 11) is 1.37. The molecule has 2 aromatic rings. The van der Waals surface area contributed by atoms with Crippen LogP contribution in [0.4, 0.5) is 0 Å². The molecule has 0 saturated heterocycles. The zero-order valence-electron chi connectivity index (χ0n) is 15.7. The van der Waals surface area contributed by atoms with Crippen molar-refractivity contribution in [3.05, 3.63) is 65.2 Å². The maximum absolute atomic E-state index is 12.1. The van der Waals surface area contributed by atoms with Gasteiger partial charge in [-0.05, 0) is 30.2 Å². The highest BCUT2D eigenvalue weighted by atomic mass is 32.2. The van der Waals surface area contributed by atoms with Gasteiger partial charge in [-0.2, -0.15) is 0 Å². The monoisotopic (exact) mass is 374 g/mol. The Hall–Kier alpha value is -2.38. The van der Waals surface area contributed by atoms with Gasteiger partial charge in [0, 0.05) is 34.2 Å². The van der Waals surface area contributed by atoms with Crippen LogP contribution in [0.5, 0.6) is 0 Å². The summed E-state index contributed by atoms with van der Waals surface area (Å²) in [5, 5.41) is 6.50. The molecule has 0 radical (unpaired) electrons. The van der Waals surface area contributed by atoms with E-state index < -0.39 is 10.0 Å². The number of rotatable bonds is 6. The Morgan fingerprint density at radius 3 is 2.15 bits per heavy atom. The molecule has 0 aliphatic heterocycles.